The van der Waals surface area contributed by atoms with Gasteiger partial charge >= 0.3 is 0 Å². The van der Waals surface area contributed by atoms with E-state index < -0.39 is 0 Å². The standard InChI is InChI=1S/C11H14N4/c1-8(2)15-10-6-4-3-5-9(10)14-11(15)13-7-12/h3-8H,1-2H3,(H2,12,13,14). The first-order valence-electron chi connectivity index (χ1n) is 4.95. The van der Waals surface area contributed by atoms with Crippen molar-refractivity contribution in [2.45, 2.75) is 19.9 Å². The fourth-order valence-corrected chi connectivity index (χ4v) is 1.70. The van der Waals surface area contributed by atoms with Gasteiger partial charge in [-0.15, -0.1) is 0 Å². The van der Waals surface area contributed by atoms with Crippen LogP contribution >= 0.6 is 0 Å². The summed E-state index contributed by atoms with van der Waals surface area (Å²) < 4.78 is 2.07. The molecule has 1 aromatic heterocycles. The summed E-state index contributed by atoms with van der Waals surface area (Å²) in [5.74, 6) is 0.661. The highest BCUT2D eigenvalue weighted by molar-refractivity contribution is 5.78. The number of para-hydroxylation sites is 2. The molecule has 0 saturated heterocycles. The molecule has 0 aliphatic carbocycles. The summed E-state index contributed by atoms with van der Waals surface area (Å²) in [5.41, 5.74) is 7.35. The van der Waals surface area contributed by atoms with Gasteiger partial charge < -0.3 is 10.3 Å². The van der Waals surface area contributed by atoms with Crippen LogP contribution in [-0.4, -0.2) is 15.9 Å². The topological polar surface area (TPSA) is 56.2 Å². The van der Waals surface area contributed by atoms with Crippen LogP contribution in [0.1, 0.15) is 19.9 Å². The number of hydrogen-bond acceptors (Lipinski definition) is 2. The van der Waals surface area contributed by atoms with Crippen molar-refractivity contribution in [2.24, 2.45) is 10.7 Å². The molecule has 4 heteroatoms. The lowest BCUT2D eigenvalue weighted by atomic mass is 10.3. The van der Waals surface area contributed by atoms with Gasteiger partial charge in [0.25, 0.3) is 0 Å². The van der Waals surface area contributed by atoms with Gasteiger partial charge in [0, 0.05) is 6.04 Å². The number of hydrogen-bond donors (Lipinski definition) is 1. The maximum Gasteiger partial charge on any atom is 0.232 e. The number of nitrogens with zero attached hydrogens (tertiary/aromatic N) is 3. The Hall–Kier alpha value is -1.84. The van der Waals surface area contributed by atoms with Crippen molar-refractivity contribution in [3.8, 4) is 0 Å². The zero-order valence-corrected chi connectivity index (χ0v) is 8.88. The molecule has 0 unspecified atom stereocenters. The van der Waals surface area contributed by atoms with Crippen molar-refractivity contribution < 1.29 is 0 Å². The predicted molar refractivity (Wildman–Crippen MR) is 62.5 cm³/mol. The molecule has 2 aromatic rings. The van der Waals surface area contributed by atoms with Gasteiger partial charge in [0.15, 0.2) is 0 Å². The number of imidazole rings is 1. The van der Waals surface area contributed by atoms with Crippen molar-refractivity contribution >= 4 is 23.3 Å². The van der Waals surface area contributed by atoms with Crippen LogP contribution in [0.2, 0.25) is 0 Å². The highest BCUT2D eigenvalue weighted by atomic mass is 15.2. The maximum atomic E-state index is 5.31. The Kier molecular flexibility index (Phi) is 2.41. The molecule has 0 amide bonds. The number of aromatic nitrogens is 2. The van der Waals surface area contributed by atoms with E-state index in [1.54, 1.807) is 0 Å². The monoisotopic (exact) mass is 202 g/mol. The predicted octanol–water partition coefficient (Wildman–Crippen LogP) is 2.24. The molecule has 0 aliphatic heterocycles. The molecule has 1 aromatic carbocycles. The second-order valence-electron chi connectivity index (χ2n) is 3.64. The highest BCUT2D eigenvalue weighted by Crippen LogP contribution is 2.25. The van der Waals surface area contributed by atoms with Crippen molar-refractivity contribution in [3.63, 3.8) is 0 Å². The van der Waals surface area contributed by atoms with E-state index in [0.29, 0.717) is 12.0 Å². The number of rotatable bonds is 2. The minimum Gasteiger partial charge on any atom is -0.390 e. The molecule has 0 bridgehead atoms. The molecule has 0 spiro atoms. The third-order valence-electron chi connectivity index (χ3n) is 2.28. The molecule has 0 aliphatic rings. The van der Waals surface area contributed by atoms with Gasteiger partial charge in [0.1, 0.15) is 0 Å². The Labute approximate surface area is 88.4 Å². The van der Waals surface area contributed by atoms with Crippen LogP contribution in [0.4, 0.5) is 5.95 Å². The van der Waals surface area contributed by atoms with Crippen LogP contribution in [-0.2, 0) is 0 Å². The summed E-state index contributed by atoms with van der Waals surface area (Å²) in [5, 5.41) is 0. The molecular weight excluding hydrogens is 188 g/mol. The quantitative estimate of drug-likeness (QED) is 0.599. The van der Waals surface area contributed by atoms with E-state index in [1.165, 1.54) is 6.34 Å². The molecule has 2 rings (SSSR count). The molecule has 0 atom stereocenters. The molecule has 4 nitrogen and oxygen atoms in total. The molecule has 15 heavy (non-hydrogen) atoms. The van der Waals surface area contributed by atoms with Gasteiger partial charge in [-0.2, -0.15) is 0 Å². The number of aliphatic imine (C=N–C) groups is 1. The molecule has 1 heterocycles. The van der Waals surface area contributed by atoms with E-state index in [2.05, 4.69) is 28.4 Å². The van der Waals surface area contributed by atoms with Crippen LogP contribution in [0.15, 0.2) is 29.3 Å². The zero-order valence-electron chi connectivity index (χ0n) is 8.88. The number of nitrogens with two attached hydrogens (primary N) is 1. The first kappa shape index (κ1) is 9.71. The first-order chi connectivity index (χ1) is 7.24. The fourth-order valence-electron chi connectivity index (χ4n) is 1.70. The van der Waals surface area contributed by atoms with Gasteiger partial charge in [-0.3, -0.25) is 0 Å². The van der Waals surface area contributed by atoms with E-state index in [0.717, 1.165) is 11.0 Å². The Morgan fingerprint density at radius 3 is 2.80 bits per heavy atom. The van der Waals surface area contributed by atoms with Crippen LogP contribution in [0.25, 0.3) is 11.0 Å². The van der Waals surface area contributed by atoms with Gasteiger partial charge in [0.2, 0.25) is 5.95 Å². The van der Waals surface area contributed by atoms with Crippen LogP contribution in [0.5, 0.6) is 0 Å². The van der Waals surface area contributed by atoms with Gasteiger partial charge in [-0.1, -0.05) is 12.1 Å². The Balaban J connectivity index is 2.74. The summed E-state index contributed by atoms with van der Waals surface area (Å²) >= 11 is 0. The van der Waals surface area contributed by atoms with Crippen LogP contribution < -0.4 is 5.73 Å². The minimum atomic E-state index is 0.316. The van der Waals surface area contributed by atoms with E-state index in [4.69, 9.17) is 5.73 Å². The molecule has 78 valence electrons. The minimum absolute atomic E-state index is 0.316. The largest absolute Gasteiger partial charge is 0.390 e. The summed E-state index contributed by atoms with van der Waals surface area (Å²) in [7, 11) is 0. The average Bonchev–Trinajstić information content (AvgIpc) is 2.56. The lowest BCUT2D eigenvalue weighted by Crippen LogP contribution is -2.00. The van der Waals surface area contributed by atoms with E-state index >= 15 is 0 Å². The van der Waals surface area contributed by atoms with Crippen molar-refractivity contribution in [3.05, 3.63) is 24.3 Å². The first-order valence-corrected chi connectivity index (χ1v) is 4.95. The van der Waals surface area contributed by atoms with Crippen LogP contribution in [0.3, 0.4) is 0 Å². The zero-order chi connectivity index (χ0) is 10.8. The Morgan fingerprint density at radius 2 is 2.13 bits per heavy atom. The normalized spacial score (nSPS) is 11.9. The maximum absolute atomic E-state index is 5.31. The SMILES string of the molecule is CC(C)n1c(N=CN)nc2ccccc21. The third-order valence-corrected chi connectivity index (χ3v) is 2.28. The lowest BCUT2D eigenvalue weighted by molar-refractivity contribution is 0.622. The summed E-state index contributed by atoms with van der Waals surface area (Å²) in [6.45, 7) is 4.20. The average molecular weight is 202 g/mol. The van der Waals surface area contributed by atoms with E-state index in [1.807, 2.05) is 24.3 Å². The number of fused-ring (bicyclic) bond motifs is 1. The van der Waals surface area contributed by atoms with Gasteiger partial charge in [0.05, 0.1) is 17.4 Å². The third kappa shape index (κ3) is 1.58. The second kappa shape index (κ2) is 3.73. The lowest BCUT2D eigenvalue weighted by Gasteiger charge is -2.09. The van der Waals surface area contributed by atoms with Crippen molar-refractivity contribution in [1.82, 2.24) is 9.55 Å². The molecule has 0 fully saturated rings. The fraction of sp³-hybridized carbons (Fsp3) is 0.273. The Bertz CT molecular complexity index is 496. The molecular formula is C11H14N4. The summed E-state index contributed by atoms with van der Waals surface area (Å²) in [6, 6.07) is 8.30. The van der Waals surface area contributed by atoms with Crippen molar-refractivity contribution in [1.29, 1.82) is 0 Å². The molecule has 2 N–H and O–H groups in total. The molecule has 0 radical (unpaired) electrons. The van der Waals surface area contributed by atoms with Crippen molar-refractivity contribution in [2.75, 3.05) is 0 Å². The summed E-state index contributed by atoms with van der Waals surface area (Å²) in [4.78, 5) is 8.48. The van der Waals surface area contributed by atoms with Gasteiger partial charge in [-0.25, -0.2) is 9.98 Å². The number of benzene rings is 1. The second-order valence-corrected chi connectivity index (χ2v) is 3.64. The smallest absolute Gasteiger partial charge is 0.232 e. The highest BCUT2D eigenvalue weighted by Gasteiger charge is 2.11. The van der Waals surface area contributed by atoms with E-state index in [9.17, 15) is 0 Å². The summed E-state index contributed by atoms with van der Waals surface area (Å²) in [6.07, 6.45) is 1.28. The van der Waals surface area contributed by atoms with Crippen LogP contribution in [0, 0.1) is 0 Å². The Morgan fingerprint density at radius 1 is 1.40 bits per heavy atom. The van der Waals surface area contributed by atoms with Gasteiger partial charge in [-0.05, 0) is 26.0 Å². The molecule has 0 saturated carbocycles. The van der Waals surface area contributed by atoms with E-state index in [-0.39, 0.29) is 0 Å².